The van der Waals surface area contributed by atoms with Crippen LogP contribution >= 0.6 is 0 Å². The molecule has 0 atom stereocenters. The second kappa shape index (κ2) is 7.70. The van der Waals surface area contributed by atoms with E-state index in [4.69, 9.17) is 5.73 Å². The molecule has 1 amide bonds. The SMILES string of the molecule is CNS(=O)(=O)CCNC(=O)CCC(C)(C)CCN. The van der Waals surface area contributed by atoms with E-state index >= 15 is 0 Å². The molecule has 0 radical (unpaired) electrons. The van der Waals surface area contributed by atoms with Gasteiger partial charge in [-0.2, -0.15) is 0 Å². The summed E-state index contributed by atoms with van der Waals surface area (Å²) >= 11 is 0. The number of nitrogens with one attached hydrogen (secondary N) is 2. The molecular weight excluding hydrogens is 254 g/mol. The molecule has 4 N–H and O–H groups in total. The van der Waals surface area contributed by atoms with E-state index in [1.165, 1.54) is 7.05 Å². The van der Waals surface area contributed by atoms with Crippen LogP contribution in [0.25, 0.3) is 0 Å². The summed E-state index contributed by atoms with van der Waals surface area (Å²) in [7, 11) is -1.89. The first-order chi connectivity index (χ1) is 8.22. The van der Waals surface area contributed by atoms with Crippen LogP contribution < -0.4 is 15.8 Å². The molecule has 0 spiro atoms. The van der Waals surface area contributed by atoms with Gasteiger partial charge in [0.2, 0.25) is 15.9 Å². The Morgan fingerprint density at radius 3 is 2.39 bits per heavy atom. The lowest BCUT2D eigenvalue weighted by Crippen LogP contribution is -2.33. The number of sulfonamides is 1. The van der Waals surface area contributed by atoms with Crippen LogP contribution in [0.4, 0.5) is 0 Å². The summed E-state index contributed by atoms with van der Waals surface area (Å²) in [6.45, 7) is 4.88. The van der Waals surface area contributed by atoms with Gasteiger partial charge in [0.15, 0.2) is 0 Å². The molecule has 7 heteroatoms. The summed E-state index contributed by atoms with van der Waals surface area (Å²) in [5.41, 5.74) is 5.53. The molecule has 0 bridgehead atoms. The molecule has 0 heterocycles. The van der Waals surface area contributed by atoms with Gasteiger partial charge in [-0.1, -0.05) is 13.8 Å². The van der Waals surface area contributed by atoms with Crippen molar-refractivity contribution in [2.75, 3.05) is 25.9 Å². The van der Waals surface area contributed by atoms with Crippen molar-refractivity contribution in [3.8, 4) is 0 Å². The monoisotopic (exact) mass is 279 g/mol. The maximum Gasteiger partial charge on any atom is 0.220 e. The Labute approximate surface area is 110 Å². The fourth-order valence-electron chi connectivity index (χ4n) is 1.48. The van der Waals surface area contributed by atoms with E-state index in [9.17, 15) is 13.2 Å². The van der Waals surface area contributed by atoms with E-state index in [-0.39, 0.29) is 23.6 Å². The zero-order valence-electron chi connectivity index (χ0n) is 11.5. The summed E-state index contributed by atoms with van der Waals surface area (Å²) in [6.07, 6.45) is 2.01. The van der Waals surface area contributed by atoms with Gasteiger partial charge in [-0.05, 0) is 31.8 Å². The Morgan fingerprint density at radius 2 is 1.89 bits per heavy atom. The number of rotatable bonds is 9. The quantitative estimate of drug-likeness (QED) is 0.544. The zero-order valence-corrected chi connectivity index (χ0v) is 12.3. The van der Waals surface area contributed by atoms with Crippen molar-refractivity contribution < 1.29 is 13.2 Å². The van der Waals surface area contributed by atoms with Gasteiger partial charge in [-0.25, -0.2) is 13.1 Å². The number of hydrogen-bond donors (Lipinski definition) is 3. The van der Waals surface area contributed by atoms with Crippen LogP contribution in [0.15, 0.2) is 0 Å². The Morgan fingerprint density at radius 1 is 1.28 bits per heavy atom. The lowest BCUT2D eigenvalue weighted by molar-refractivity contribution is -0.121. The third-order valence-electron chi connectivity index (χ3n) is 2.85. The first-order valence-electron chi connectivity index (χ1n) is 6.10. The third-order valence-corrected chi connectivity index (χ3v) is 4.22. The minimum absolute atomic E-state index is 0.0448. The number of carbonyl (C=O) groups is 1. The molecule has 0 saturated heterocycles. The number of amides is 1. The highest BCUT2D eigenvalue weighted by molar-refractivity contribution is 7.89. The van der Waals surface area contributed by atoms with Crippen molar-refractivity contribution in [1.82, 2.24) is 10.0 Å². The molecule has 0 unspecified atom stereocenters. The maximum atomic E-state index is 11.5. The Balaban J connectivity index is 3.86. The summed E-state index contributed by atoms with van der Waals surface area (Å²) in [5, 5.41) is 2.60. The molecule has 18 heavy (non-hydrogen) atoms. The normalized spacial score (nSPS) is 12.4. The van der Waals surface area contributed by atoms with E-state index in [0.29, 0.717) is 13.0 Å². The van der Waals surface area contributed by atoms with Gasteiger partial charge < -0.3 is 11.1 Å². The van der Waals surface area contributed by atoms with Crippen LogP contribution in [0.1, 0.15) is 33.1 Å². The molecule has 0 rings (SSSR count). The van der Waals surface area contributed by atoms with Crippen molar-refractivity contribution in [2.24, 2.45) is 11.1 Å². The summed E-state index contributed by atoms with van der Waals surface area (Å²) in [6, 6.07) is 0. The molecule has 0 fully saturated rings. The second-order valence-electron chi connectivity index (χ2n) is 5.08. The van der Waals surface area contributed by atoms with Crippen molar-refractivity contribution in [1.29, 1.82) is 0 Å². The van der Waals surface area contributed by atoms with E-state index < -0.39 is 10.0 Å². The molecule has 108 valence electrons. The van der Waals surface area contributed by atoms with Gasteiger partial charge in [0.1, 0.15) is 0 Å². The van der Waals surface area contributed by atoms with Gasteiger partial charge in [0.05, 0.1) is 5.75 Å². The van der Waals surface area contributed by atoms with Gasteiger partial charge in [0.25, 0.3) is 0 Å². The van der Waals surface area contributed by atoms with Crippen LogP contribution in [-0.4, -0.2) is 40.2 Å². The summed E-state index contributed by atoms with van der Waals surface area (Å²) in [5.74, 6) is -0.215. The minimum atomic E-state index is -3.25. The Bertz CT molecular complexity index is 353. The topological polar surface area (TPSA) is 101 Å². The van der Waals surface area contributed by atoms with Crippen LogP contribution in [0.3, 0.4) is 0 Å². The summed E-state index contributed by atoms with van der Waals surface area (Å²) < 4.78 is 24.4. The van der Waals surface area contributed by atoms with E-state index in [1.54, 1.807) is 0 Å². The van der Waals surface area contributed by atoms with E-state index in [0.717, 1.165) is 12.8 Å². The van der Waals surface area contributed by atoms with Crippen LogP contribution in [0.5, 0.6) is 0 Å². The molecule has 0 saturated carbocycles. The molecule has 0 aromatic rings. The largest absolute Gasteiger partial charge is 0.355 e. The van der Waals surface area contributed by atoms with E-state index in [2.05, 4.69) is 23.9 Å². The average Bonchev–Trinajstić information content (AvgIpc) is 2.26. The highest BCUT2D eigenvalue weighted by atomic mass is 32.2. The highest BCUT2D eigenvalue weighted by Crippen LogP contribution is 2.25. The van der Waals surface area contributed by atoms with Crippen LogP contribution in [-0.2, 0) is 14.8 Å². The maximum absolute atomic E-state index is 11.5. The number of hydrogen-bond acceptors (Lipinski definition) is 4. The van der Waals surface area contributed by atoms with Gasteiger partial charge in [-0.15, -0.1) is 0 Å². The number of carbonyl (C=O) groups excluding carboxylic acids is 1. The molecule has 6 nitrogen and oxygen atoms in total. The van der Waals surface area contributed by atoms with Crippen LogP contribution in [0.2, 0.25) is 0 Å². The standard InChI is InChI=1S/C11H25N3O3S/c1-11(2,6-7-12)5-4-10(15)14-8-9-18(16,17)13-3/h13H,4-9,12H2,1-3H3,(H,14,15). The third kappa shape index (κ3) is 8.43. The zero-order chi connectivity index (χ0) is 14.2. The van der Waals surface area contributed by atoms with Gasteiger partial charge in [-0.3, -0.25) is 4.79 Å². The lowest BCUT2D eigenvalue weighted by atomic mass is 9.84. The minimum Gasteiger partial charge on any atom is -0.355 e. The predicted molar refractivity (Wildman–Crippen MR) is 72.5 cm³/mol. The smallest absolute Gasteiger partial charge is 0.220 e. The van der Waals surface area contributed by atoms with Crippen LogP contribution in [0, 0.1) is 5.41 Å². The molecule has 0 aliphatic rings. The first-order valence-corrected chi connectivity index (χ1v) is 7.75. The van der Waals surface area contributed by atoms with Crippen molar-refractivity contribution in [3.05, 3.63) is 0 Å². The van der Waals surface area contributed by atoms with Crippen molar-refractivity contribution in [2.45, 2.75) is 33.1 Å². The highest BCUT2D eigenvalue weighted by Gasteiger charge is 2.18. The van der Waals surface area contributed by atoms with Crippen molar-refractivity contribution in [3.63, 3.8) is 0 Å². The Kier molecular flexibility index (Phi) is 7.42. The predicted octanol–water partition coefficient (Wildman–Crippen LogP) is -0.193. The van der Waals surface area contributed by atoms with Crippen molar-refractivity contribution >= 4 is 15.9 Å². The fourth-order valence-corrected chi connectivity index (χ4v) is 2.06. The van der Waals surface area contributed by atoms with Gasteiger partial charge in [0, 0.05) is 13.0 Å². The number of nitrogens with two attached hydrogens (primary N) is 1. The Hall–Kier alpha value is -0.660. The molecule has 0 aromatic carbocycles. The molecule has 0 aromatic heterocycles. The molecule has 0 aliphatic carbocycles. The second-order valence-corrected chi connectivity index (χ2v) is 7.12. The molecular formula is C11H25N3O3S. The first kappa shape index (κ1) is 17.3. The molecule has 0 aliphatic heterocycles. The lowest BCUT2D eigenvalue weighted by Gasteiger charge is -2.23. The fraction of sp³-hybridized carbons (Fsp3) is 0.909. The average molecular weight is 279 g/mol. The summed E-state index contributed by atoms with van der Waals surface area (Å²) in [4.78, 5) is 11.5. The van der Waals surface area contributed by atoms with E-state index in [1.807, 2.05) is 0 Å². The van der Waals surface area contributed by atoms with Gasteiger partial charge >= 0.3 is 0 Å².